The second-order valence-corrected chi connectivity index (χ2v) is 9.94. The molecule has 180 valence electrons. The molecule has 1 amide bonds. The zero-order valence-corrected chi connectivity index (χ0v) is 20.9. The summed E-state index contributed by atoms with van der Waals surface area (Å²) in [6.07, 6.45) is 1.81. The first kappa shape index (κ1) is 25.0. The minimum absolute atomic E-state index is 0.155. The van der Waals surface area contributed by atoms with Crippen molar-refractivity contribution >= 4 is 27.8 Å². The smallest absolute Gasteiger partial charge is 0.407 e. The van der Waals surface area contributed by atoms with Crippen LogP contribution in [0.5, 0.6) is 5.75 Å². The third-order valence-electron chi connectivity index (χ3n) is 5.45. The number of hydrogen-bond donors (Lipinski definition) is 1. The number of ether oxygens (including phenoxy) is 2. The van der Waals surface area contributed by atoms with E-state index in [2.05, 4.69) is 30.2 Å². The van der Waals surface area contributed by atoms with Crippen LogP contribution in [0.2, 0.25) is 0 Å². The number of nitrogens with zero attached hydrogens (tertiary/aromatic N) is 3. The van der Waals surface area contributed by atoms with E-state index in [1.165, 1.54) is 0 Å². The van der Waals surface area contributed by atoms with Crippen molar-refractivity contribution in [1.82, 2.24) is 14.9 Å². The monoisotopic (exact) mass is 464 g/mol. The molecule has 3 aromatic rings. The van der Waals surface area contributed by atoms with Crippen LogP contribution in [0.4, 0.5) is 4.79 Å². The van der Waals surface area contributed by atoms with E-state index in [1.54, 1.807) is 63.7 Å². The summed E-state index contributed by atoms with van der Waals surface area (Å²) in [5.74, 6) is 0.662. The van der Waals surface area contributed by atoms with Gasteiger partial charge in [-0.05, 0) is 57.6 Å². The summed E-state index contributed by atoms with van der Waals surface area (Å²) >= 11 is 0. The third-order valence-corrected chi connectivity index (χ3v) is 5.45. The van der Waals surface area contributed by atoms with Gasteiger partial charge in [-0.2, -0.15) is 5.26 Å². The van der Waals surface area contributed by atoms with E-state index in [4.69, 9.17) is 9.47 Å². The number of hydrogen-bond acceptors (Lipinski definition) is 6. The van der Waals surface area contributed by atoms with Crippen LogP contribution in [0.3, 0.4) is 0 Å². The Labute approximate surface area is 199 Å². The van der Waals surface area contributed by atoms with Crippen LogP contribution in [-0.4, -0.2) is 33.9 Å². The molecule has 8 nitrogen and oxygen atoms in total. The summed E-state index contributed by atoms with van der Waals surface area (Å²) in [4.78, 5) is 29.6. The van der Waals surface area contributed by atoms with Gasteiger partial charge in [0.2, 0.25) is 0 Å². The molecule has 0 saturated heterocycles. The fraction of sp³-hybridized carbons (Fsp3) is 0.462. The molecule has 0 unspecified atom stereocenters. The number of benzene rings is 1. The number of nitrogens with one attached hydrogen (secondary N) is 1. The molecule has 34 heavy (non-hydrogen) atoms. The van der Waals surface area contributed by atoms with E-state index in [0.29, 0.717) is 40.2 Å². The van der Waals surface area contributed by atoms with Crippen molar-refractivity contribution in [2.24, 2.45) is 13.0 Å². The van der Waals surface area contributed by atoms with Gasteiger partial charge in [-0.1, -0.05) is 13.8 Å². The lowest BCUT2D eigenvalue weighted by Crippen LogP contribution is -2.42. The molecule has 0 bridgehead atoms. The van der Waals surface area contributed by atoms with Gasteiger partial charge in [0.1, 0.15) is 24.0 Å². The highest BCUT2D eigenvalue weighted by Crippen LogP contribution is 2.30. The van der Waals surface area contributed by atoms with Crippen molar-refractivity contribution in [1.29, 1.82) is 5.26 Å². The van der Waals surface area contributed by atoms with E-state index in [0.717, 1.165) is 10.8 Å². The maximum atomic E-state index is 13.0. The van der Waals surface area contributed by atoms with Crippen molar-refractivity contribution in [3.05, 3.63) is 46.0 Å². The Hall–Kier alpha value is -3.60. The average molecular weight is 465 g/mol. The molecule has 0 aliphatic heterocycles. The number of carbonyl (C=O) groups is 1. The molecule has 0 aliphatic rings. The summed E-state index contributed by atoms with van der Waals surface area (Å²) in [6.45, 7) is 11.5. The van der Waals surface area contributed by atoms with Crippen LogP contribution in [0.15, 0.2) is 29.2 Å². The van der Waals surface area contributed by atoms with Crippen LogP contribution < -0.4 is 15.6 Å². The first-order chi connectivity index (χ1) is 15.9. The fourth-order valence-electron chi connectivity index (χ4n) is 4.01. The lowest BCUT2D eigenvalue weighted by molar-refractivity contribution is 0.0480. The van der Waals surface area contributed by atoms with Crippen molar-refractivity contribution in [3.8, 4) is 11.8 Å². The number of aryl methyl sites for hydroxylation is 2. The van der Waals surface area contributed by atoms with Crippen LogP contribution in [-0.2, 0) is 11.8 Å². The van der Waals surface area contributed by atoms with Crippen molar-refractivity contribution < 1.29 is 14.3 Å². The van der Waals surface area contributed by atoms with E-state index in [1.807, 2.05) is 0 Å². The molecule has 0 saturated carbocycles. The molecule has 0 radical (unpaired) electrons. The van der Waals surface area contributed by atoms with Crippen LogP contribution in [0.25, 0.3) is 21.7 Å². The van der Waals surface area contributed by atoms with E-state index in [-0.39, 0.29) is 18.2 Å². The summed E-state index contributed by atoms with van der Waals surface area (Å²) in [6, 6.07) is 7.13. The largest absolute Gasteiger partial charge is 0.490 e. The molecule has 1 atom stereocenters. The van der Waals surface area contributed by atoms with Gasteiger partial charge in [-0.25, -0.2) is 4.79 Å². The molecule has 2 heterocycles. The minimum atomic E-state index is -0.610. The van der Waals surface area contributed by atoms with Gasteiger partial charge in [0.25, 0.3) is 5.56 Å². The zero-order valence-electron chi connectivity index (χ0n) is 20.9. The Kier molecular flexibility index (Phi) is 7.15. The number of amides is 1. The van der Waals surface area contributed by atoms with Gasteiger partial charge in [0.15, 0.2) is 0 Å². The quantitative estimate of drug-likeness (QED) is 0.535. The third kappa shape index (κ3) is 5.48. The fourth-order valence-corrected chi connectivity index (χ4v) is 4.01. The highest BCUT2D eigenvalue weighted by atomic mass is 16.6. The number of fused-ring (bicyclic) bond motifs is 3. The van der Waals surface area contributed by atoms with Crippen molar-refractivity contribution in [3.63, 3.8) is 0 Å². The molecule has 0 fully saturated rings. The Morgan fingerprint density at radius 2 is 1.97 bits per heavy atom. The Bertz CT molecular complexity index is 1330. The van der Waals surface area contributed by atoms with Gasteiger partial charge in [0, 0.05) is 24.7 Å². The summed E-state index contributed by atoms with van der Waals surface area (Å²) in [7, 11) is 1.69. The molecule has 3 rings (SSSR count). The zero-order chi connectivity index (χ0) is 25.2. The highest BCUT2D eigenvalue weighted by molar-refractivity contribution is 6.07. The molecular formula is C26H32N4O4. The van der Waals surface area contributed by atoms with Crippen LogP contribution in [0.1, 0.15) is 52.3 Å². The Morgan fingerprint density at radius 1 is 1.26 bits per heavy atom. The minimum Gasteiger partial charge on any atom is -0.490 e. The van der Waals surface area contributed by atoms with Crippen molar-refractivity contribution in [2.75, 3.05) is 6.61 Å². The maximum Gasteiger partial charge on any atom is 0.407 e. The molecule has 2 aromatic heterocycles. The van der Waals surface area contributed by atoms with E-state index >= 15 is 0 Å². The van der Waals surface area contributed by atoms with Gasteiger partial charge in [0.05, 0.1) is 28.2 Å². The highest BCUT2D eigenvalue weighted by Gasteiger charge is 2.22. The Morgan fingerprint density at radius 3 is 2.59 bits per heavy atom. The van der Waals surface area contributed by atoms with Crippen LogP contribution >= 0.6 is 0 Å². The molecule has 8 heteroatoms. The molecule has 1 aromatic carbocycles. The first-order valence-corrected chi connectivity index (χ1v) is 11.4. The van der Waals surface area contributed by atoms with Gasteiger partial charge < -0.3 is 19.4 Å². The molecule has 0 spiro atoms. The van der Waals surface area contributed by atoms with Gasteiger partial charge in [-0.3, -0.25) is 9.78 Å². The Balaban J connectivity index is 1.98. The molecule has 0 aliphatic carbocycles. The normalized spacial score (nSPS) is 12.6. The van der Waals surface area contributed by atoms with Gasteiger partial charge in [-0.15, -0.1) is 0 Å². The standard InChI is InChI=1S/C26H32N4O4/c1-15(2)10-18(29-25(32)34-26(4,5)6)14-33-22-12-21-20(11-17(22)13-27)19-8-9-28-16(3)23(19)24(31)30(21)7/h8-9,11-12,15,18H,10,14H2,1-7H3,(H,29,32)/t18-/m1/s1. The number of pyridine rings is 2. The molecular weight excluding hydrogens is 432 g/mol. The van der Waals surface area contributed by atoms with Gasteiger partial charge >= 0.3 is 6.09 Å². The summed E-state index contributed by atoms with van der Waals surface area (Å²) in [5, 5.41) is 14.7. The number of rotatable bonds is 6. The number of alkyl carbamates (subject to hydrolysis) is 1. The topological polar surface area (TPSA) is 106 Å². The summed E-state index contributed by atoms with van der Waals surface area (Å²) in [5.41, 5.74) is 0.873. The predicted molar refractivity (Wildman–Crippen MR) is 132 cm³/mol. The second-order valence-electron chi connectivity index (χ2n) is 9.94. The second kappa shape index (κ2) is 9.72. The van der Waals surface area contributed by atoms with E-state index in [9.17, 15) is 14.9 Å². The number of aromatic nitrogens is 2. The number of carbonyl (C=O) groups excluding carboxylic acids is 1. The van der Waals surface area contributed by atoms with Crippen LogP contribution in [0, 0.1) is 24.2 Å². The van der Waals surface area contributed by atoms with E-state index < -0.39 is 11.7 Å². The maximum absolute atomic E-state index is 13.0. The molecule has 1 N–H and O–H groups in total. The predicted octanol–water partition coefficient (Wildman–Crippen LogP) is 4.59. The SMILES string of the molecule is Cc1nccc2c1c(=O)n(C)c1cc(OC[C@@H](CC(C)C)NC(=O)OC(C)(C)C)c(C#N)cc21. The lowest BCUT2D eigenvalue weighted by Gasteiger charge is -2.25. The first-order valence-electron chi connectivity index (χ1n) is 11.4. The lowest BCUT2D eigenvalue weighted by atomic mass is 10.0. The average Bonchev–Trinajstić information content (AvgIpc) is 2.73. The summed E-state index contributed by atoms with van der Waals surface area (Å²) < 4.78 is 13.0. The number of nitriles is 1. The van der Waals surface area contributed by atoms with Crippen molar-refractivity contribution in [2.45, 2.75) is 59.6 Å².